The number of piperidine rings is 1. The first-order valence-corrected chi connectivity index (χ1v) is 11.0. The van der Waals surface area contributed by atoms with Gasteiger partial charge in [0.2, 0.25) is 0 Å². The molecule has 4 atom stereocenters. The van der Waals surface area contributed by atoms with Gasteiger partial charge in [0.25, 0.3) is 5.09 Å². The Balaban J connectivity index is 1.49. The first kappa shape index (κ1) is 21.0. The molecule has 0 radical (unpaired) electrons. The molecule has 4 aliphatic rings. The molecule has 172 valence electrons. The summed E-state index contributed by atoms with van der Waals surface area (Å²) in [5.41, 5.74) is 0.104. The summed E-state index contributed by atoms with van der Waals surface area (Å²) < 4.78 is 12.4. The van der Waals surface area contributed by atoms with Gasteiger partial charge >= 0.3 is 5.97 Å². The summed E-state index contributed by atoms with van der Waals surface area (Å²) in [6.45, 7) is 0.658. The number of phenols is 1. The number of carbonyl (C=O) groups excluding carboxylic acids is 2. The van der Waals surface area contributed by atoms with Crippen molar-refractivity contribution in [2.24, 2.45) is 0 Å². The lowest BCUT2D eigenvalue weighted by Gasteiger charge is -2.63. The Kier molecular flexibility index (Phi) is 4.81. The minimum absolute atomic E-state index is 0.00344. The highest BCUT2D eigenvalue weighted by atomic mass is 16.9. The van der Waals surface area contributed by atoms with Crippen LogP contribution >= 0.6 is 0 Å². The molecule has 2 aliphatic carbocycles. The maximum absolute atomic E-state index is 13.0. The molecule has 0 aromatic heterocycles. The average molecular weight is 446 g/mol. The standard InChI is InChI=1S/C22H26N2O8/c1-23-10-9-21-18-13-5-6-14(25)19(18)31-20(21)15(26)7-8-22(21,16(23)12-13)32-17(27)4-2-3-11-30-24(28)29/h5-6,16,20,25H,2-4,7-12H2,1H3/t16-,20+,21+,22?/m1/s1. The molecular weight excluding hydrogens is 420 g/mol. The third kappa shape index (κ3) is 2.74. The summed E-state index contributed by atoms with van der Waals surface area (Å²) in [6, 6.07) is 3.38. The van der Waals surface area contributed by atoms with Gasteiger partial charge in [-0.25, -0.2) is 0 Å². The van der Waals surface area contributed by atoms with Crippen molar-refractivity contribution in [1.29, 1.82) is 0 Å². The Morgan fingerprint density at radius 1 is 1.38 bits per heavy atom. The van der Waals surface area contributed by atoms with Crippen LogP contribution in [0.25, 0.3) is 0 Å². The first-order valence-electron chi connectivity index (χ1n) is 11.0. The highest BCUT2D eigenvalue weighted by Gasteiger charge is 2.75. The zero-order chi connectivity index (χ0) is 22.7. The van der Waals surface area contributed by atoms with Crippen molar-refractivity contribution in [3.8, 4) is 11.5 Å². The molecule has 1 saturated carbocycles. The van der Waals surface area contributed by atoms with E-state index < -0.39 is 28.2 Å². The molecular formula is C22H26N2O8. The van der Waals surface area contributed by atoms with Crippen molar-refractivity contribution in [3.05, 3.63) is 33.4 Å². The number of aromatic hydroxyl groups is 1. The second-order valence-electron chi connectivity index (χ2n) is 9.21. The molecule has 2 fully saturated rings. The number of benzene rings is 1. The number of rotatable bonds is 7. The van der Waals surface area contributed by atoms with E-state index in [2.05, 4.69) is 9.74 Å². The number of hydrogen-bond donors (Lipinski definition) is 1. The molecule has 5 rings (SSSR count). The summed E-state index contributed by atoms with van der Waals surface area (Å²) >= 11 is 0. The van der Waals surface area contributed by atoms with E-state index in [4.69, 9.17) is 9.47 Å². The summed E-state index contributed by atoms with van der Waals surface area (Å²) in [4.78, 5) is 42.8. The van der Waals surface area contributed by atoms with E-state index in [0.29, 0.717) is 37.9 Å². The van der Waals surface area contributed by atoms with Gasteiger partial charge in [0.15, 0.2) is 23.4 Å². The Morgan fingerprint density at radius 3 is 2.97 bits per heavy atom. The van der Waals surface area contributed by atoms with Crippen LogP contribution in [0.3, 0.4) is 0 Å². The molecule has 1 N–H and O–H groups in total. The number of Topliss-reactive ketones (excluding diaryl/α,β-unsaturated/α-hetero) is 1. The van der Waals surface area contributed by atoms with Crippen LogP contribution in [0.2, 0.25) is 0 Å². The largest absolute Gasteiger partial charge is 0.504 e. The van der Waals surface area contributed by atoms with Crippen LogP contribution in [0.4, 0.5) is 0 Å². The Labute approximate surface area is 184 Å². The van der Waals surface area contributed by atoms with Crippen molar-refractivity contribution in [3.63, 3.8) is 0 Å². The Bertz CT molecular complexity index is 996. The van der Waals surface area contributed by atoms with Gasteiger partial charge < -0.3 is 19.4 Å². The van der Waals surface area contributed by atoms with Gasteiger partial charge in [0.1, 0.15) is 5.60 Å². The van der Waals surface area contributed by atoms with Crippen molar-refractivity contribution >= 4 is 11.8 Å². The molecule has 0 amide bonds. The molecule has 10 nitrogen and oxygen atoms in total. The highest BCUT2D eigenvalue weighted by molar-refractivity contribution is 5.90. The Hall–Kier alpha value is -2.88. The number of ketones is 1. The quantitative estimate of drug-likeness (QED) is 0.288. The molecule has 2 bridgehead atoms. The van der Waals surface area contributed by atoms with Gasteiger partial charge in [-0.15, -0.1) is 10.1 Å². The van der Waals surface area contributed by atoms with Crippen LogP contribution in [0.15, 0.2) is 12.1 Å². The van der Waals surface area contributed by atoms with Crippen molar-refractivity contribution in [2.45, 2.75) is 68.1 Å². The molecule has 2 heterocycles. The van der Waals surface area contributed by atoms with Gasteiger partial charge in [-0.1, -0.05) is 6.07 Å². The van der Waals surface area contributed by atoms with Crippen LogP contribution in [-0.4, -0.2) is 64.8 Å². The zero-order valence-corrected chi connectivity index (χ0v) is 17.9. The Morgan fingerprint density at radius 2 is 2.19 bits per heavy atom. The van der Waals surface area contributed by atoms with Gasteiger partial charge in [-0.2, -0.15) is 0 Å². The van der Waals surface area contributed by atoms with Crippen molar-refractivity contribution in [1.82, 2.24) is 4.90 Å². The molecule has 1 aromatic rings. The van der Waals surface area contributed by atoms with E-state index in [9.17, 15) is 24.8 Å². The maximum atomic E-state index is 13.0. The number of nitrogens with zero attached hydrogens (tertiary/aromatic N) is 2. The SMILES string of the molecule is CN1CC[C@]23c4c5ccc(O)c4O[C@H]2C(=O)CCC3(OC(=O)CCCCO[N+](=O)[O-])[C@H]1C5. The fraction of sp³-hybridized carbons (Fsp3) is 0.636. The number of likely N-dealkylation sites (N-methyl/N-ethyl adjacent to an activating group) is 1. The molecule has 1 spiro atoms. The number of phenolic OH excluding ortho intramolecular Hbond substituents is 1. The van der Waals surface area contributed by atoms with E-state index in [-0.39, 0.29) is 37.0 Å². The van der Waals surface area contributed by atoms with Crippen LogP contribution in [0.1, 0.15) is 49.7 Å². The topological polar surface area (TPSA) is 128 Å². The van der Waals surface area contributed by atoms with Gasteiger partial charge in [-0.05, 0) is 57.3 Å². The summed E-state index contributed by atoms with van der Waals surface area (Å²) in [7, 11) is 2.01. The third-order valence-corrected chi connectivity index (χ3v) is 7.75. The van der Waals surface area contributed by atoms with Crippen molar-refractivity contribution < 1.29 is 34.1 Å². The van der Waals surface area contributed by atoms with Crippen LogP contribution in [0, 0.1) is 10.1 Å². The molecule has 1 saturated heterocycles. The first-order chi connectivity index (χ1) is 15.3. The van der Waals surface area contributed by atoms with E-state index in [1.54, 1.807) is 6.07 Å². The van der Waals surface area contributed by atoms with Crippen LogP contribution in [-0.2, 0) is 31.0 Å². The van der Waals surface area contributed by atoms with E-state index in [0.717, 1.165) is 17.7 Å². The van der Waals surface area contributed by atoms with Gasteiger partial charge in [0.05, 0.1) is 18.1 Å². The summed E-state index contributed by atoms with van der Waals surface area (Å²) in [5, 5.41) is 19.9. The predicted octanol–water partition coefficient (Wildman–Crippen LogP) is 1.67. The molecule has 1 unspecified atom stereocenters. The van der Waals surface area contributed by atoms with Crippen LogP contribution in [0.5, 0.6) is 11.5 Å². The number of carbonyl (C=O) groups is 2. The van der Waals surface area contributed by atoms with E-state index >= 15 is 0 Å². The fourth-order valence-electron chi connectivity index (χ4n) is 6.48. The highest BCUT2D eigenvalue weighted by Crippen LogP contribution is 2.65. The van der Waals surface area contributed by atoms with E-state index in [1.165, 1.54) is 0 Å². The average Bonchev–Trinajstić information content (AvgIpc) is 3.10. The summed E-state index contributed by atoms with van der Waals surface area (Å²) in [6.07, 6.45) is 1.96. The smallest absolute Gasteiger partial charge is 0.306 e. The van der Waals surface area contributed by atoms with Gasteiger partial charge in [-0.3, -0.25) is 14.5 Å². The normalized spacial score (nSPS) is 32.1. The lowest BCUT2D eigenvalue weighted by atomic mass is 9.49. The maximum Gasteiger partial charge on any atom is 0.306 e. The molecule has 1 aromatic carbocycles. The molecule has 2 aliphatic heterocycles. The number of ether oxygens (including phenoxy) is 2. The zero-order valence-electron chi connectivity index (χ0n) is 17.9. The second-order valence-corrected chi connectivity index (χ2v) is 9.21. The lowest BCUT2D eigenvalue weighted by Crippen LogP contribution is -2.77. The molecule has 32 heavy (non-hydrogen) atoms. The lowest BCUT2D eigenvalue weighted by molar-refractivity contribution is -0.757. The second kappa shape index (κ2) is 7.33. The number of unbranched alkanes of at least 4 members (excludes halogenated alkanes) is 1. The number of likely N-dealkylation sites (tertiary alicyclic amines) is 1. The fourth-order valence-corrected chi connectivity index (χ4v) is 6.48. The monoisotopic (exact) mass is 446 g/mol. The third-order valence-electron chi connectivity index (χ3n) is 7.75. The molecule has 10 heteroatoms. The minimum atomic E-state index is -0.932. The summed E-state index contributed by atoms with van der Waals surface area (Å²) in [5.74, 6) is -0.0666. The minimum Gasteiger partial charge on any atom is -0.504 e. The van der Waals surface area contributed by atoms with Crippen LogP contribution < -0.4 is 4.74 Å². The predicted molar refractivity (Wildman–Crippen MR) is 109 cm³/mol. The van der Waals surface area contributed by atoms with Gasteiger partial charge in [0, 0.05) is 18.4 Å². The number of esters is 1. The van der Waals surface area contributed by atoms with E-state index in [1.807, 2.05) is 13.1 Å². The van der Waals surface area contributed by atoms with Crippen molar-refractivity contribution in [2.75, 3.05) is 20.2 Å². The number of hydrogen-bond acceptors (Lipinski definition) is 9.